The van der Waals surface area contributed by atoms with E-state index in [9.17, 15) is 4.79 Å². The topological polar surface area (TPSA) is 60.0 Å². The summed E-state index contributed by atoms with van der Waals surface area (Å²) in [5.41, 5.74) is 1.22. The monoisotopic (exact) mass is 423 g/mol. The number of amides is 1. The molecule has 144 valence electrons. The molecular weight excluding hydrogens is 394 g/mol. The van der Waals surface area contributed by atoms with Crippen LogP contribution in [0.2, 0.25) is 0 Å². The summed E-state index contributed by atoms with van der Waals surface area (Å²) in [6.45, 7) is 6.30. The number of likely N-dealkylation sites (N-methyl/N-ethyl adjacent to an activating group) is 1. The first kappa shape index (κ1) is 20.6. The number of guanidine groups is 1. The zero-order valence-electron chi connectivity index (χ0n) is 16.1. The lowest BCUT2D eigenvalue weighted by atomic mass is 10.2. The molecule has 26 heavy (non-hydrogen) atoms. The lowest BCUT2D eigenvalue weighted by Gasteiger charge is -2.23. The lowest BCUT2D eigenvalue weighted by Crippen LogP contribution is -2.48. The Bertz CT molecular complexity index is 634. The Labute approximate surface area is 165 Å². The van der Waals surface area contributed by atoms with Gasteiger partial charge in [0, 0.05) is 43.7 Å². The third-order valence-electron chi connectivity index (χ3n) is 4.59. The zero-order valence-corrected chi connectivity index (χ0v) is 17.7. The van der Waals surface area contributed by atoms with E-state index >= 15 is 0 Å². The van der Waals surface area contributed by atoms with E-state index in [1.807, 2.05) is 6.07 Å². The Hall–Kier alpha value is -1.76. The molecule has 2 N–H and O–H groups in total. The first-order valence-corrected chi connectivity index (χ1v) is 9.97. The minimum absolute atomic E-state index is 0.00323. The largest absolute Gasteiger partial charge is 0.368 e. The van der Waals surface area contributed by atoms with Crippen molar-refractivity contribution in [1.29, 1.82) is 0 Å². The van der Waals surface area contributed by atoms with Crippen molar-refractivity contribution < 1.29 is 4.79 Å². The summed E-state index contributed by atoms with van der Waals surface area (Å²) in [6.07, 6.45) is 2.03. The Kier molecular flexibility index (Phi) is 7.75. The third-order valence-corrected chi connectivity index (χ3v) is 5.26. The maximum Gasteiger partial charge on any atom is 0.243 e. The number of carbonyl (C=O) groups excluding carboxylic acids is 1. The summed E-state index contributed by atoms with van der Waals surface area (Å²) in [7, 11) is 3.50. The van der Waals surface area contributed by atoms with E-state index in [0.717, 1.165) is 30.4 Å². The van der Waals surface area contributed by atoms with Gasteiger partial charge in [0.05, 0.1) is 5.69 Å². The molecule has 1 amide bonds. The molecule has 2 atom stereocenters. The molecule has 1 aromatic carbocycles. The van der Waals surface area contributed by atoms with Crippen molar-refractivity contribution in [3.05, 3.63) is 28.7 Å². The van der Waals surface area contributed by atoms with Gasteiger partial charge in [0.2, 0.25) is 5.91 Å². The highest BCUT2D eigenvalue weighted by Gasteiger charge is 2.25. The van der Waals surface area contributed by atoms with E-state index in [1.54, 1.807) is 19.0 Å². The highest BCUT2D eigenvalue weighted by atomic mass is 79.9. The maximum atomic E-state index is 11.9. The number of anilines is 1. The standard InChI is InChI=1S/C19H30BrN5O/c1-5-14(2)22-19(21-12-18(26)24(3)4)23-15-10-11-25(13-15)17-9-7-6-8-16(17)20/h6-9,14-15H,5,10-13H2,1-4H3,(H2,21,22,23). The van der Waals surface area contributed by atoms with Crippen LogP contribution >= 0.6 is 15.9 Å². The van der Waals surface area contributed by atoms with Crippen molar-refractivity contribution in [1.82, 2.24) is 15.5 Å². The smallest absolute Gasteiger partial charge is 0.243 e. The molecule has 1 aromatic rings. The number of rotatable bonds is 6. The van der Waals surface area contributed by atoms with Gasteiger partial charge in [-0.1, -0.05) is 19.1 Å². The average Bonchev–Trinajstić information content (AvgIpc) is 3.07. The minimum Gasteiger partial charge on any atom is -0.368 e. The quantitative estimate of drug-likeness (QED) is 0.544. The number of halogens is 1. The number of nitrogens with one attached hydrogen (secondary N) is 2. The number of nitrogens with zero attached hydrogens (tertiary/aromatic N) is 3. The van der Waals surface area contributed by atoms with Gasteiger partial charge >= 0.3 is 0 Å². The molecule has 1 fully saturated rings. The second-order valence-corrected chi connectivity index (χ2v) is 7.79. The van der Waals surface area contributed by atoms with Crippen LogP contribution in [0.15, 0.2) is 33.7 Å². The van der Waals surface area contributed by atoms with Gasteiger partial charge < -0.3 is 20.4 Å². The van der Waals surface area contributed by atoms with Crippen LogP contribution in [0.4, 0.5) is 5.69 Å². The Balaban J connectivity index is 2.00. The summed E-state index contributed by atoms with van der Waals surface area (Å²) in [6, 6.07) is 8.89. The van der Waals surface area contributed by atoms with E-state index in [2.05, 4.69) is 68.5 Å². The molecule has 2 rings (SSSR count). The number of hydrogen-bond acceptors (Lipinski definition) is 3. The number of hydrogen-bond donors (Lipinski definition) is 2. The molecule has 0 bridgehead atoms. The fourth-order valence-corrected chi connectivity index (χ4v) is 3.29. The molecule has 1 aliphatic rings. The lowest BCUT2D eigenvalue weighted by molar-refractivity contribution is -0.127. The molecule has 2 unspecified atom stereocenters. The van der Waals surface area contributed by atoms with Crippen LogP contribution in [0.25, 0.3) is 0 Å². The molecule has 1 aliphatic heterocycles. The molecule has 7 heteroatoms. The van der Waals surface area contributed by atoms with Crippen molar-refractivity contribution >= 4 is 33.5 Å². The summed E-state index contributed by atoms with van der Waals surface area (Å²) in [4.78, 5) is 20.3. The van der Waals surface area contributed by atoms with Gasteiger partial charge in [0.15, 0.2) is 5.96 Å². The van der Waals surface area contributed by atoms with E-state index in [-0.39, 0.29) is 12.5 Å². The molecule has 1 heterocycles. The average molecular weight is 424 g/mol. The van der Waals surface area contributed by atoms with Crippen LogP contribution < -0.4 is 15.5 Å². The van der Waals surface area contributed by atoms with Crippen LogP contribution in [-0.2, 0) is 4.79 Å². The molecule has 1 saturated heterocycles. The van der Waals surface area contributed by atoms with Crippen LogP contribution in [0, 0.1) is 0 Å². The van der Waals surface area contributed by atoms with Gasteiger partial charge in [-0.2, -0.15) is 0 Å². The zero-order chi connectivity index (χ0) is 19.1. The summed E-state index contributed by atoms with van der Waals surface area (Å²) in [5.74, 6) is 0.713. The number of aliphatic imine (C=N–C) groups is 1. The molecule has 0 aliphatic carbocycles. The maximum absolute atomic E-state index is 11.9. The van der Waals surface area contributed by atoms with Crippen LogP contribution in [0.3, 0.4) is 0 Å². The predicted octanol–water partition coefficient (Wildman–Crippen LogP) is 2.45. The Morgan fingerprint density at radius 3 is 2.81 bits per heavy atom. The van der Waals surface area contributed by atoms with Gasteiger partial charge in [-0.05, 0) is 47.8 Å². The first-order valence-electron chi connectivity index (χ1n) is 9.17. The van der Waals surface area contributed by atoms with E-state index in [1.165, 1.54) is 5.69 Å². The van der Waals surface area contributed by atoms with Gasteiger partial charge in [0.1, 0.15) is 6.54 Å². The van der Waals surface area contributed by atoms with E-state index in [0.29, 0.717) is 18.0 Å². The van der Waals surface area contributed by atoms with Gasteiger partial charge in [-0.15, -0.1) is 0 Å². The molecular formula is C19H30BrN5O. The van der Waals surface area contributed by atoms with E-state index < -0.39 is 0 Å². The summed E-state index contributed by atoms with van der Waals surface area (Å²) in [5, 5.41) is 6.90. The fourth-order valence-electron chi connectivity index (χ4n) is 2.75. The SMILES string of the molecule is CCC(C)NC(=NCC(=O)N(C)C)NC1CCN(c2ccccc2Br)C1. The van der Waals surface area contributed by atoms with Crippen molar-refractivity contribution in [3.8, 4) is 0 Å². The van der Waals surface area contributed by atoms with Crippen LogP contribution in [-0.4, -0.2) is 62.6 Å². The minimum atomic E-state index is -0.00323. The Morgan fingerprint density at radius 2 is 2.15 bits per heavy atom. The molecule has 0 radical (unpaired) electrons. The number of para-hydroxylation sites is 1. The van der Waals surface area contributed by atoms with Crippen molar-refractivity contribution in [2.45, 2.75) is 38.8 Å². The summed E-state index contributed by atoms with van der Waals surface area (Å²) < 4.78 is 1.11. The van der Waals surface area contributed by atoms with Crippen molar-refractivity contribution in [3.63, 3.8) is 0 Å². The second-order valence-electron chi connectivity index (χ2n) is 6.93. The predicted molar refractivity (Wildman–Crippen MR) is 112 cm³/mol. The molecule has 0 saturated carbocycles. The van der Waals surface area contributed by atoms with Crippen molar-refractivity contribution in [2.75, 3.05) is 38.6 Å². The molecule has 6 nitrogen and oxygen atoms in total. The van der Waals surface area contributed by atoms with Gasteiger partial charge in [-0.3, -0.25) is 4.79 Å². The van der Waals surface area contributed by atoms with Crippen LogP contribution in [0.5, 0.6) is 0 Å². The number of carbonyl (C=O) groups is 1. The first-order chi connectivity index (χ1) is 12.4. The normalized spacial score (nSPS) is 18.6. The Morgan fingerprint density at radius 1 is 1.42 bits per heavy atom. The third kappa shape index (κ3) is 5.90. The van der Waals surface area contributed by atoms with Gasteiger partial charge in [-0.25, -0.2) is 4.99 Å². The number of benzene rings is 1. The van der Waals surface area contributed by atoms with Crippen LogP contribution in [0.1, 0.15) is 26.7 Å². The fraction of sp³-hybridized carbons (Fsp3) is 0.579. The van der Waals surface area contributed by atoms with E-state index in [4.69, 9.17) is 0 Å². The van der Waals surface area contributed by atoms with Crippen molar-refractivity contribution in [2.24, 2.45) is 4.99 Å². The van der Waals surface area contributed by atoms with Gasteiger partial charge in [0.25, 0.3) is 0 Å². The second kappa shape index (κ2) is 9.80. The summed E-state index contributed by atoms with van der Waals surface area (Å²) >= 11 is 3.63. The highest BCUT2D eigenvalue weighted by Crippen LogP contribution is 2.28. The molecule has 0 aromatic heterocycles. The highest BCUT2D eigenvalue weighted by molar-refractivity contribution is 9.10. The molecule has 0 spiro atoms.